The van der Waals surface area contributed by atoms with Gasteiger partial charge in [-0.25, -0.2) is 9.59 Å². The van der Waals surface area contributed by atoms with E-state index in [1.165, 1.54) is 0 Å². The van der Waals surface area contributed by atoms with E-state index in [4.69, 9.17) is 5.11 Å². The molecule has 0 rings (SSSR count). The number of aliphatic hydroxyl groups is 1. The van der Waals surface area contributed by atoms with Crippen LogP contribution in [-0.4, -0.2) is 34.9 Å². The Balaban J connectivity index is 3.62. The molecule has 0 bridgehead atoms. The lowest BCUT2D eigenvalue weighted by Gasteiger charge is -2.09. The third-order valence-electron chi connectivity index (χ3n) is 1.92. The minimum absolute atomic E-state index is 0.0908. The molecule has 16 heavy (non-hydrogen) atoms. The fraction of sp³-hybridized carbons (Fsp3) is 0.636. The number of aliphatic carboxylic acids is 1. The highest BCUT2D eigenvalue weighted by Crippen LogP contribution is 2.03. The second-order valence-electron chi connectivity index (χ2n) is 3.45. The molecule has 92 valence electrons. The van der Waals surface area contributed by atoms with Crippen molar-refractivity contribution < 1.29 is 24.5 Å². The molecule has 1 unspecified atom stereocenters. The van der Waals surface area contributed by atoms with E-state index < -0.39 is 18.0 Å². The number of aliphatic hydroxyl groups excluding tert-OH is 1. The van der Waals surface area contributed by atoms with Crippen LogP contribution in [-0.2, 0) is 14.3 Å². The van der Waals surface area contributed by atoms with E-state index in [1.54, 1.807) is 0 Å². The second kappa shape index (κ2) is 8.91. The van der Waals surface area contributed by atoms with Crippen molar-refractivity contribution in [1.82, 2.24) is 0 Å². The largest absolute Gasteiger partial charge is 0.478 e. The maximum atomic E-state index is 10.9. The van der Waals surface area contributed by atoms with Gasteiger partial charge >= 0.3 is 11.9 Å². The maximum absolute atomic E-state index is 10.9. The van der Waals surface area contributed by atoms with Gasteiger partial charge in [-0.2, -0.15) is 0 Å². The van der Waals surface area contributed by atoms with Crippen LogP contribution in [0.5, 0.6) is 0 Å². The number of esters is 1. The summed E-state index contributed by atoms with van der Waals surface area (Å²) in [6.45, 7) is 1.97. The van der Waals surface area contributed by atoms with Gasteiger partial charge in [-0.05, 0) is 6.42 Å². The number of carbonyl (C=O) groups is 2. The third kappa shape index (κ3) is 9.21. The third-order valence-corrected chi connectivity index (χ3v) is 1.92. The second-order valence-corrected chi connectivity index (χ2v) is 3.45. The van der Waals surface area contributed by atoms with Gasteiger partial charge in [0.05, 0.1) is 6.10 Å². The summed E-state index contributed by atoms with van der Waals surface area (Å²) >= 11 is 0. The zero-order valence-electron chi connectivity index (χ0n) is 9.39. The van der Waals surface area contributed by atoms with Crippen molar-refractivity contribution in [3.63, 3.8) is 0 Å². The van der Waals surface area contributed by atoms with Gasteiger partial charge in [0.15, 0.2) is 0 Å². The molecular formula is C11H18O5. The Labute approximate surface area is 94.7 Å². The van der Waals surface area contributed by atoms with Gasteiger partial charge in [0.25, 0.3) is 0 Å². The molecule has 0 amide bonds. The lowest BCUT2D eigenvalue weighted by atomic mass is 10.1. The summed E-state index contributed by atoms with van der Waals surface area (Å²) in [6.07, 6.45) is 4.42. The van der Waals surface area contributed by atoms with Crippen LogP contribution < -0.4 is 0 Å². The highest BCUT2D eigenvalue weighted by molar-refractivity contribution is 5.90. The summed E-state index contributed by atoms with van der Waals surface area (Å²) in [5.41, 5.74) is 0. The van der Waals surface area contributed by atoms with Gasteiger partial charge in [-0.1, -0.05) is 26.2 Å². The average molecular weight is 230 g/mol. The van der Waals surface area contributed by atoms with E-state index in [0.29, 0.717) is 12.5 Å². The number of carboxylic acids is 1. The summed E-state index contributed by atoms with van der Waals surface area (Å²) in [7, 11) is 0. The van der Waals surface area contributed by atoms with E-state index >= 15 is 0 Å². The Kier molecular flexibility index (Phi) is 8.15. The van der Waals surface area contributed by atoms with Gasteiger partial charge in [-0.3, -0.25) is 0 Å². The molecule has 0 fully saturated rings. The Morgan fingerprint density at radius 1 is 1.31 bits per heavy atom. The summed E-state index contributed by atoms with van der Waals surface area (Å²) in [6, 6.07) is 0. The fourth-order valence-corrected chi connectivity index (χ4v) is 1.08. The smallest absolute Gasteiger partial charge is 0.331 e. The molecule has 0 saturated heterocycles. The first kappa shape index (κ1) is 14.6. The first-order valence-corrected chi connectivity index (χ1v) is 5.32. The molecule has 0 saturated carbocycles. The van der Waals surface area contributed by atoms with Crippen LogP contribution >= 0.6 is 0 Å². The van der Waals surface area contributed by atoms with Crippen LogP contribution in [0.4, 0.5) is 0 Å². The summed E-state index contributed by atoms with van der Waals surface area (Å²) in [5.74, 6) is -1.96. The highest BCUT2D eigenvalue weighted by Gasteiger charge is 2.06. The van der Waals surface area contributed by atoms with Crippen molar-refractivity contribution in [3.8, 4) is 0 Å². The number of carbonyl (C=O) groups excluding carboxylic acids is 1. The predicted molar refractivity (Wildman–Crippen MR) is 57.9 cm³/mol. The van der Waals surface area contributed by atoms with Gasteiger partial charge in [0, 0.05) is 12.2 Å². The van der Waals surface area contributed by atoms with Crippen molar-refractivity contribution in [3.05, 3.63) is 12.2 Å². The number of rotatable bonds is 8. The standard InChI is InChI=1S/C11H18O5/c1-2-3-4-5-9(12)8-16-11(15)7-6-10(13)14/h6-7,9,12H,2-5,8H2,1H3,(H,13,14). The molecule has 1 atom stereocenters. The van der Waals surface area contributed by atoms with Crippen molar-refractivity contribution in [2.75, 3.05) is 6.61 Å². The van der Waals surface area contributed by atoms with E-state index in [0.717, 1.165) is 25.3 Å². The molecule has 0 aliphatic heterocycles. The Morgan fingerprint density at radius 2 is 2.00 bits per heavy atom. The average Bonchev–Trinajstić information content (AvgIpc) is 2.24. The van der Waals surface area contributed by atoms with Crippen molar-refractivity contribution in [1.29, 1.82) is 0 Å². The van der Waals surface area contributed by atoms with Crippen molar-refractivity contribution in [2.45, 2.75) is 38.7 Å². The molecule has 0 heterocycles. The Hall–Kier alpha value is -1.36. The monoisotopic (exact) mass is 230 g/mol. The molecular weight excluding hydrogens is 212 g/mol. The first-order chi connectivity index (χ1) is 7.56. The van der Waals surface area contributed by atoms with Crippen LogP contribution in [0, 0.1) is 0 Å². The number of ether oxygens (including phenoxy) is 1. The van der Waals surface area contributed by atoms with Crippen LogP contribution in [0.25, 0.3) is 0 Å². The number of hydrogen-bond donors (Lipinski definition) is 2. The first-order valence-electron chi connectivity index (χ1n) is 5.32. The zero-order chi connectivity index (χ0) is 12.4. The topological polar surface area (TPSA) is 83.8 Å². The van der Waals surface area contributed by atoms with Crippen LogP contribution in [0.2, 0.25) is 0 Å². The predicted octanol–water partition coefficient (Wildman–Crippen LogP) is 1.11. The quantitative estimate of drug-likeness (QED) is 0.371. The lowest BCUT2D eigenvalue weighted by Crippen LogP contribution is -2.17. The highest BCUT2D eigenvalue weighted by atomic mass is 16.5. The van der Waals surface area contributed by atoms with Crippen LogP contribution in [0.15, 0.2) is 12.2 Å². The van der Waals surface area contributed by atoms with Crippen LogP contribution in [0.3, 0.4) is 0 Å². The molecule has 5 heteroatoms. The minimum Gasteiger partial charge on any atom is -0.478 e. The van der Waals surface area contributed by atoms with Crippen molar-refractivity contribution in [2.24, 2.45) is 0 Å². The van der Waals surface area contributed by atoms with E-state index in [-0.39, 0.29) is 6.61 Å². The lowest BCUT2D eigenvalue weighted by molar-refractivity contribution is -0.141. The van der Waals surface area contributed by atoms with Gasteiger partial charge in [-0.15, -0.1) is 0 Å². The Bertz CT molecular complexity index is 247. The number of hydrogen-bond acceptors (Lipinski definition) is 4. The minimum atomic E-state index is -1.21. The zero-order valence-corrected chi connectivity index (χ0v) is 9.39. The van der Waals surface area contributed by atoms with Crippen molar-refractivity contribution >= 4 is 11.9 Å². The van der Waals surface area contributed by atoms with E-state index in [2.05, 4.69) is 11.7 Å². The summed E-state index contributed by atoms with van der Waals surface area (Å²) < 4.78 is 4.65. The molecule has 0 aliphatic rings. The van der Waals surface area contributed by atoms with Gasteiger partial charge < -0.3 is 14.9 Å². The Morgan fingerprint density at radius 3 is 2.56 bits per heavy atom. The van der Waals surface area contributed by atoms with Crippen LogP contribution in [0.1, 0.15) is 32.6 Å². The van der Waals surface area contributed by atoms with E-state index in [1.807, 2.05) is 0 Å². The van der Waals surface area contributed by atoms with Gasteiger partial charge in [0.2, 0.25) is 0 Å². The molecule has 2 N–H and O–H groups in total. The number of carboxylic acid groups (broad SMARTS) is 1. The molecule has 0 aromatic carbocycles. The fourth-order valence-electron chi connectivity index (χ4n) is 1.08. The molecule has 0 aromatic heterocycles. The molecule has 0 spiro atoms. The summed E-state index contributed by atoms with van der Waals surface area (Å²) in [5, 5.41) is 17.6. The van der Waals surface area contributed by atoms with E-state index in [9.17, 15) is 14.7 Å². The maximum Gasteiger partial charge on any atom is 0.331 e. The summed E-state index contributed by atoms with van der Waals surface area (Å²) in [4.78, 5) is 21.0. The molecule has 0 radical (unpaired) electrons. The SMILES string of the molecule is CCCCCC(O)COC(=O)C=CC(=O)O. The van der Waals surface area contributed by atoms with Gasteiger partial charge in [0.1, 0.15) is 6.61 Å². The molecule has 5 nitrogen and oxygen atoms in total. The normalized spacial score (nSPS) is 12.6. The molecule has 0 aromatic rings. The number of unbranched alkanes of at least 4 members (excludes halogenated alkanes) is 2. The molecule has 0 aliphatic carbocycles.